The standard InChI is InChI=1S/C19H29N7/c1-15-24-25-18(26(15)2)14-22-19(23-17-9-4-3-5-10-17)21-13-11-16-8-6-7-12-20-16/h6-8,12,17H,3-5,9-11,13-14H2,1-2H3,(H2,21,22,23). The molecule has 1 fully saturated rings. The van der Waals surface area contributed by atoms with Crippen molar-refractivity contribution in [3.8, 4) is 0 Å². The highest BCUT2D eigenvalue weighted by Crippen LogP contribution is 2.17. The number of aryl methyl sites for hydroxylation is 1. The normalized spacial score (nSPS) is 15.8. The molecule has 7 heteroatoms. The predicted molar refractivity (Wildman–Crippen MR) is 103 cm³/mol. The van der Waals surface area contributed by atoms with Gasteiger partial charge in [-0.05, 0) is 31.9 Å². The molecule has 140 valence electrons. The van der Waals surface area contributed by atoms with Crippen molar-refractivity contribution < 1.29 is 0 Å². The lowest BCUT2D eigenvalue weighted by atomic mass is 9.96. The zero-order chi connectivity index (χ0) is 18.2. The number of nitrogens with zero attached hydrogens (tertiary/aromatic N) is 5. The summed E-state index contributed by atoms with van der Waals surface area (Å²) in [6.07, 6.45) is 9.06. The molecule has 1 saturated carbocycles. The summed E-state index contributed by atoms with van der Waals surface area (Å²) in [7, 11) is 1.98. The first-order chi connectivity index (χ1) is 12.7. The maximum Gasteiger partial charge on any atom is 0.191 e. The van der Waals surface area contributed by atoms with E-state index >= 15 is 0 Å². The molecule has 0 bridgehead atoms. The number of pyridine rings is 1. The minimum atomic E-state index is 0.506. The number of hydrogen-bond donors (Lipinski definition) is 2. The van der Waals surface area contributed by atoms with Crippen molar-refractivity contribution in [1.82, 2.24) is 30.4 Å². The third-order valence-corrected chi connectivity index (χ3v) is 4.91. The van der Waals surface area contributed by atoms with Crippen LogP contribution in [0.5, 0.6) is 0 Å². The van der Waals surface area contributed by atoms with Gasteiger partial charge in [0.2, 0.25) is 0 Å². The number of guanidine groups is 1. The van der Waals surface area contributed by atoms with Crippen LogP contribution in [-0.2, 0) is 20.0 Å². The average Bonchev–Trinajstić information content (AvgIpc) is 2.99. The van der Waals surface area contributed by atoms with E-state index in [-0.39, 0.29) is 0 Å². The average molecular weight is 355 g/mol. The maximum absolute atomic E-state index is 4.74. The highest BCUT2D eigenvalue weighted by molar-refractivity contribution is 5.80. The SMILES string of the molecule is Cc1nnc(CN=C(NCCc2ccccn2)NC2CCCCC2)n1C. The summed E-state index contributed by atoms with van der Waals surface area (Å²) in [5, 5.41) is 15.4. The van der Waals surface area contributed by atoms with Gasteiger partial charge in [0.05, 0.1) is 0 Å². The Hall–Kier alpha value is -2.44. The Balaban J connectivity index is 1.60. The molecular weight excluding hydrogens is 326 g/mol. The molecule has 26 heavy (non-hydrogen) atoms. The second-order valence-electron chi connectivity index (χ2n) is 6.86. The first kappa shape index (κ1) is 18.4. The van der Waals surface area contributed by atoms with Crippen LogP contribution in [0.25, 0.3) is 0 Å². The van der Waals surface area contributed by atoms with Crippen LogP contribution in [0.15, 0.2) is 29.4 Å². The van der Waals surface area contributed by atoms with E-state index in [9.17, 15) is 0 Å². The lowest BCUT2D eigenvalue weighted by Gasteiger charge is -2.25. The van der Waals surface area contributed by atoms with Gasteiger partial charge in [0.25, 0.3) is 0 Å². The highest BCUT2D eigenvalue weighted by Gasteiger charge is 2.15. The van der Waals surface area contributed by atoms with Crippen molar-refractivity contribution in [2.45, 2.75) is 58.0 Å². The summed E-state index contributed by atoms with van der Waals surface area (Å²) in [6.45, 7) is 3.27. The molecule has 3 rings (SSSR count). The Bertz CT molecular complexity index is 702. The van der Waals surface area contributed by atoms with Gasteiger partial charge in [0, 0.05) is 37.9 Å². The molecule has 0 unspecified atom stereocenters. The van der Waals surface area contributed by atoms with Gasteiger partial charge in [0.15, 0.2) is 11.8 Å². The maximum atomic E-state index is 4.74. The Kier molecular flexibility index (Phi) is 6.57. The molecule has 0 atom stereocenters. The number of aliphatic imine (C=N–C) groups is 1. The van der Waals surface area contributed by atoms with Crippen molar-refractivity contribution in [2.75, 3.05) is 6.54 Å². The number of aromatic nitrogens is 4. The fraction of sp³-hybridized carbons (Fsp3) is 0.579. The lowest BCUT2D eigenvalue weighted by molar-refractivity contribution is 0.409. The van der Waals surface area contributed by atoms with Crippen LogP contribution < -0.4 is 10.6 Å². The van der Waals surface area contributed by atoms with Gasteiger partial charge in [-0.1, -0.05) is 25.3 Å². The Labute approximate surface area is 155 Å². The summed E-state index contributed by atoms with van der Waals surface area (Å²) < 4.78 is 1.98. The van der Waals surface area contributed by atoms with Crippen molar-refractivity contribution in [3.05, 3.63) is 41.7 Å². The number of nitrogens with one attached hydrogen (secondary N) is 2. The van der Waals surface area contributed by atoms with Crippen LogP contribution in [-0.4, -0.2) is 38.3 Å². The van der Waals surface area contributed by atoms with E-state index in [1.807, 2.05) is 36.9 Å². The molecule has 0 radical (unpaired) electrons. The van der Waals surface area contributed by atoms with E-state index in [1.165, 1.54) is 32.1 Å². The Morgan fingerprint density at radius 1 is 1.23 bits per heavy atom. The molecule has 1 aliphatic carbocycles. The highest BCUT2D eigenvalue weighted by atomic mass is 15.3. The topological polar surface area (TPSA) is 80.0 Å². The van der Waals surface area contributed by atoms with Gasteiger partial charge in [-0.15, -0.1) is 10.2 Å². The first-order valence-electron chi connectivity index (χ1n) is 9.52. The third kappa shape index (κ3) is 5.28. The zero-order valence-electron chi connectivity index (χ0n) is 15.8. The molecule has 0 aliphatic heterocycles. The second-order valence-corrected chi connectivity index (χ2v) is 6.86. The molecule has 0 aromatic carbocycles. The monoisotopic (exact) mass is 355 g/mol. The molecular formula is C19H29N7. The minimum absolute atomic E-state index is 0.506. The van der Waals surface area contributed by atoms with Gasteiger partial charge >= 0.3 is 0 Å². The van der Waals surface area contributed by atoms with E-state index in [0.29, 0.717) is 12.6 Å². The summed E-state index contributed by atoms with van der Waals surface area (Å²) >= 11 is 0. The Morgan fingerprint density at radius 3 is 2.77 bits per heavy atom. The first-order valence-corrected chi connectivity index (χ1v) is 9.52. The summed E-state index contributed by atoms with van der Waals surface area (Å²) in [5.41, 5.74) is 1.08. The molecule has 0 saturated heterocycles. The van der Waals surface area contributed by atoms with Crippen LogP contribution in [0, 0.1) is 6.92 Å². The van der Waals surface area contributed by atoms with Crippen molar-refractivity contribution in [3.63, 3.8) is 0 Å². The number of rotatable bonds is 6. The van der Waals surface area contributed by atoms with Gasteiger partial charge in [-0.2, -0.15) is 0 Å². The van der Waals surface area contributed by atoms with E-state index in [0.717, 1.165) is 36.3 Å². The van der Waals surface area contributed by atoms with Gasteiger partial charge in [0.1, 0.15) is 12.4 Å². The van der Waals surface area contributed by atoms with Crippen LogP contribution >= 0.6 is 0 Å². The van der Waals surface area contributed by atoms with E-state index in [1.54, 1.807) is 0 Å². The van der Waals surface area contributed by atoms with Gasteiger partial charge < -0.3 is 15.2 Å². The minimum Gasteiger partial charge on any atom is -0.356 e. The smallest absolute Gasteiger partial charge is 0.191 e. The molecule has 0 amide bonds. The summed E-state index contributed by atoms with van der Waals surface area (Å²) in [6, 6.07) is 6.52. The van der Waals surface area contributed by atoms with E-state index in [4.69, 9.17) is 4.99 Å². The molecule has 2 heterocycles. The number of hydrogen-bond acceptors (Lipinski definition) is 4. The fourth-order valence-electron chi connectivity index (χ4n) is 3.19. The van der Waals surface area contributed by atoms with Crippen molar-refractivity contribution in [2.24, 2.45) is 12.0 Å². The fourth-order valence-corrected chi connectivity index (χ4v) is 3.19. The molecule has 1 aliphatic rings. The molecule has 7 nitrogen and oxygen atoms in total. The van der Waals surface area contributed by atoms with Gasteiger partial charge in [-0.3, -0.25) is 4.98 Å². The van der Waals surface area contributed by atoms with Crippen LogP contribution in [0.1, 0.15) is 49.4 Å². The van der Waals surface area contributed by atoms with Crippen LogP contribution in [0.3, 0.4) is 0 Å². The quantitative estimate of drug-likeness (QED) is 0.613. The van der Waals surface area contributed by atoms with Crippen molar-refractivity contribution >= 4 is 5.96 Å². The Morgan fingerprint density at radius 2 is 2.08 bits per heavy atom. The summed E-state index contributed by atoms with van der Waals surface area (Å²) in [4.78, 5) is 9.12. The zero-order valence-corrected chi connectivity index (χ0v) is 15.8. The van der Waals surface area contributed by atoms with Crippen LogP contribution in [0.2, 0.25) is 0 Å². The summed E-state index contributed by atoms with van der Waals surface area (Å²) in [5.74, 6) is 2.63. The van der Waals surface area contributed by atoms with Gasteiger partial charge in [-0.25, -0.2) is 4.99 Å². The van der Waals surface area contributed by atoms with Crippen molar-refractivity contribution in [1.29, 1.82) is 0 Å². The predicted octanol–water partition coefficient (Wildman–Crippen LogP) is 2.13. The van der Waals surface area contributed by atoms with Crippen LogP contribution in [0.4, 0.5) is 0 Å². The molecule has 2 N–H and O–H groups in total. The third-order valence-electron chi connectivity index (χ3n) is 4.91. The molecule has 2 aromatic heterocycles. The van der Waals surface area contributed by atoms with E-state index in [2.05, 4.69) is 31.9 Å². The lowest BCUT2D eigenvalue weighted by Crippen LogP contribution is -2.45. The largest absolute Gasteiger partial charge is 0.356 e. The second kappa shape index (κ2) is 9.31. The molecule has 0 spiro atoms. The van der Waals surface area contributed by atoms with E-state index < -0.39 is 0 Å². The molecule has 2 aromatic rings.